The number of carboxylic acid groups (broad SMARTS) is 1. The maximum Gasteiger partial charge on any atom is 0.320 e. The molecule has 1 fully saturated rings. The van der Waals surface area contributed by atoms with Crippen molar-refractivity contribution >= 4 is 16.0 Å². The van der Waals surface area contributed by atoms with E-state index in [9.17, 15) is 13.2 Å². The molecule has 1 aliphatic carbocycles. The van der Waals surface area contributed by atoms with Crippen molar-refractivity contribution < 1.29 is 23.1 Å². The lowest BCUT2D eigenvalue weighted by atomic mass is 10.5. The van der Waals surface area contributed by atoms with E-state index in [1.165, 1.54) is 12.8 Å². The number of aliphatic carboxylic acids is 1. The van der Waals surface area contributed by atoms with Gasteiger partial charge in [-0.15, -0.1) is 0 Å². The van der Waals surface area contributed by atoms with Gasteiger partial charge in [0.05, 0.1) is 6.61 Å². The van der Waals surface area contributed by atoms with Crippen LogP contribution >= 0.6 is 0 Å². The molecular formula is C8H15NO5S. The summed E-state index contributed by atoms with van der Waals surface area (Å²) in [7, 11) is -3.70. The summed E-state index contributed by atoms with van der Waals surface area (Å²) in [6.07, 6.45) is 2.37. The minimum atomic E-state index is -3.70. The molecule has 88 valence electrons. The highest BCUT2D eigenvalue weighted by Gasteiger charge is 2.21. The highest BCUT2D eigenvalue weighted by molar-refractivity contribution is 7.90. The van der Waals surface area contributed by atoms with E-state index < -0.39 is 21.7 Å². The van der Waals surface area contributed by atoms with Crippen LogP contribution in [0.3, 0.4) is 0 Å². The van der Waals surface area contributed by atoms with E-state index >= 15 is 0 Å². The van der Waals surface area contributed by atoms with Crippen LogP contribution in [0.2, 0.25) is 0 Å². The van der Waals surface area contributed by atoms with Gasteiger partial charge in [-0.2, -0.15) is 0 Å². The molecule has 1 rings (SSSR count). The second kappa shape index (κ2) is 5.43. The van der Waals surface area contributed by atoms with Crippen LogP contribution in [0.1, 0.15) is 12.8 Å². The molecule has 2 N–H and O–H groups in total. The van der Waals surface area contributed by atoms with Gasteiger partial charge >= 0.3 is 5.97 Å². The normalized spacial score (nSPS) is 16.5. The summed E-state index contributed by atoms with van der Waals surface area (Å²) in [5.41, 5.74) is 0. The SMILES string of the molecule is O=C(O)CS(=O)(=O)NCCOCC1CC1. The zero-order chi connectivity index (χ0) is 11.3. The van der Waals surface area contributed by atoms with Crippen molar-refractivity contribution in [2.24, 2.45) is 5.92 Å². The maximum atomic E-state index is 11.0. The first-order valence-corrected chi connectivity index (χ1v) is 6.42. The number of rotatable bonds is 8. The Morgan fingerprint density at radius 2 is 2.13 bits per heavy atom. The predicted molar refractivity (Wildman–Crippen MR) is 53.0 cm³/mol. The van der Waals surface area contributed by atoms with E-state index in [-0.39, 0.29) is 13.2 Å². The number of ether oxygens (including phenoxy) is 1. The summed E-state index contributed by atoms with van der Waals surface area (Å²) >= 11 is 0. The van der Waals surface area contributed by atoms with Crippen molar-refractivity contribution in [3.8, 4) is 0 Å². The molecule has 6 nitrogen and oxygen atoms in total. The molecule has 0 amide bonds. The van der Waals surface area contributed by atoms with Gasteiger partial charge in [0.15, 0.2) is 5.75 Å². The zero-order valence-electron chi connectivity index (χ0n) is 8.31. The first-order chi connectivity index (χ1) is 6.99. The van der Waals surface area contributed by atoms with Crippen molar-refractivity contribution in [3.63, 3.8) is 0 Å². The number of carbonyl (C=O) groups is 1. The van der Waals surface area contributed by atoms with E-state index in [4.69, 9.17) is 9.84 Å². The number of carboxylic acids is 1. The third kappa shape index (κ3) is 6.43. The van der Waals surface area contributed by atoms with Crippen molar-refractivity contribution in [1.29, 1.82) is 0 Å². The molecule has 0 spiro atoms. The Labute approximate surface area is 88.7 Å². The van der Waals surface area contributed by atoms with Gasteiger partial charge in [0.2, 0.25) is 10.0 Å². The van der Waals surface area contributed by atoms with Gasteiger partial charge in [0.25, 0.3) is 0 Å². The van der Waals surface area contributed by atoms with Crippen LogP contribution < -0.4 is 4.72 Å². The lowest BCUT2D eigenvalue weighted by molar-refractivity contribution is -0.134. The smallest absolute Gasteiger partial charge is 0.320 e. The fourth-order valence-electron chi connectivity index (χ4n) is 1.02. The van der Waals surface area contributed by atoms with Crippen LogP contribution in [-0.2, 0) is 19.6 Å². The largest absolute Gasteiger partial charge is 0.480 e. The molecule has 7 heteroatoms. The molecule has 0 bridgehead atoms. The molecule has 0 atom stereocenters. The number of sulfonamides is 1. The van der Waals surface area contributed by atoms with Crippen LogP contribution in [0.4, 0.5) is 0 Å². The molecule has 0 aromatic carbocycles. The molecule has 15 heavy (non-hydrogen) atoms. The summed E-state index contributed by atoms with van der Waals surface area (Å²) in [6, 6.07) is 0. The first kappa shape index (κ1) is 12.4. The van der Waals surface area contributed by atoms with Gasteiger partial charge in [0, 0.05) is 13.2 Å². The van der Waals surface area contributed by atoms with Gasteiger partial charge in [-0.05, 0) is 18.8 Å². The van der Waals surface area contributed by atoms with Gasteiger partial charge in [-0.25, -0.2) is 13.1 Å². The quantitative estimate of drug-likeness (QED) is 0.551. The summed E-state index contributed by atoms with van der Waals surface area (Å²) in [5, 5.41) is 8.28. The van der Waals surface area contributed by atoms with E-state index in [0.29, 0.717) is 12.5 Å². The second-order valence-electron chi connectivity index (χ2n) is 3.57. The average molecular weight is 237 g/mol. The van der Waals surface area contributed by atoms with E-state index in [1.54, 1.807) is 0 Å². The highest BCUT2D eigenvalue weighted by atomic mass is 32.2. The summed E-state index contributed by atoms with van der Waals surface area (Å²) in [4.78, 5) is 10.2. The third-order valence-corrected chi connectivity index (χ3v) is 3.20. The lowest BCUT2D eigenvalue weighted by Gasteiger charge is -2.05. The summed E-state index contributed by atoms with van der Waals surface area (Å²) in [5.74, 6) is -1.61. The van der Waals surface area contributed by atoms with Crippen LogP contribution in [0.5, 0.6) is 0 Å². The number of hydrogen-bond acceptors (Lipinski definition) is 4. The van der Waals surface area contributed by atoms with Gasteiger partial charge in [-0.3, -0.25) is 4.79 Å². The molecule has 0 aliphatic heterocycles. The van der Waals surface area contributed by atoms with Crippen molar-refractivity contribution in [2.75, 3.05) is 25.5 Å². The number of nitrogens with one attached hydrogen (secondary N) is 1. The van der Waals surface area contributed by atoms with Crippen LogP contribution in [0.15, 0.2) is 0 Å². The Morgan fingerprint density at radius 1 is 1.47 bits per heavy atom. The molecule has 1 saturated carbocycles. The van der Waals surface area contributed by atoms with Crippen LogP contribution in [0.25, 0.3) is 0 Å². The second-order valence-corrected chi connectivity index (χ2v) is 5.37. The molecule has 0 aromatic rings. The summed E-state index contributed by atoms with van der Waals surface area (Å²) in [6.45, 7) is 1.08. The van der Waals surface area contributed by atoms with Crippen molar-refractivity contribution in [2.45, 2.75) is 12.8 Å². The molecule has 0 heterocycles. The highest BCUT2D eigenvalue weighted by Crippen LogP contribution is 2.28. The fourth-order valence-corrected chi connectivity index (χ4v) is 1.84. The van der Waals surface area contributed by atoms with Gasteiger partial charge in [-0.1, -0.05) is 0 Å². The number of hydrogen-bond donors (Lipinski definition) is 2. The Hall–Kier alpha value is -0.660. The van der Waals surface area contributed by atoms with Crippen LogP contribution in [-0.4, -0.2) is 45.0 Å². The van der Waals surface area contributed by atoms with E-state index in [0.717, 1.165) is 0 Å². The molecule has 0 saturated heterocycles. The average Bonchev–Trinajstić information content (AvgIpc) is 2.84. The Bertz CT molecular complexity index is 309. The minimum Gasteiger partial charge on any atom is -0.480 e. The molecular weight excluding hydrogens is 222 g/mol. The Balaban J connectivity index is 2.04. The predicted octanol–water partition coefficient (Wildman–Crippen LogP) is -0.583. The van der Waals surface area contributed by atoms with Gasteiger partial charge < -0.3 is 9.84 Å². The van der Waals surface area contributed by atoms with E-state index in [2.05, 4.69) is 4.72 Å². The first-order valence-electron chi connectivity index (χ1n) is 4.76. The summed E-state index contributed by atoms with van der Waals surface area (Å²) < 4.78 is 29.3. The zero-order valence-corrected chi connectivity index (χ0v) is 9.12. The van der Waals surface area contributed by atoms with Crippen LogP contribution in [0, 0.1) is 5.92 Å². The maximum absolute atomic E-state index is 11.0. The van der Waals surface area contributed by atoms with E-state index in [1.807, 2.05) is 0 Å². The molecule has 0 aromatic heterocycles. The van der Waals surface area contributed by atoms with Gasteiger partial charge in [0.1, 0.15) is 0 Å². The monoisotopic (exact) mass is 237 g/mol. The molecule has 0 unspecified atom stereocenters. The Kier molecular flexibility index (Phi) is 4.49. The Morgan fingerprint density at radius 3 is 2.67 bits per heavy atom. The lowest BCUT2D eigenvalue weighted by Crippen LogP contribution is -2.32. The molecule has 1 aliphatic rings. The third-order valence-electron chi connectivity index (χ3n) is 1.93. The topological polar surface area (TPSA) is 92.7 Å². The standard InChI is InChI=1S/C8H15NO5S/c10-8(11)6-15(12,13)9-3-4-14-5-7-1-2-7/h7,9H,1-6H2,(H,10,11). The molecule has 0 radical (unpaired) electrons. The van der Waals surface area contributed by atoms with Crippen molar-refractivity contribution in [1.82, 2.24) is 4.72 Å². The van der Waals surface area contributed by atoms with Crippen molar-refractivity contribution in [3.05, 3.63) is 0 Å². The minimum absolute atomic E-state index is 0.127. The fraction of sp³-hybridized carbons (Fsp3) is 0.875.